The Morgan fingerprint density at radius 2 is 1.79 bits per heavy atom. The van der Waals surface area contributed by atoms with E-state index in [0.29, 0.717) is 0 Å². The van der Waals surface area contributed by atoms with Gasteiger partial charge in [0.1, 0.15) is 0 Å². The second-order valence-corrected chi connectivity index (χ2v) is 6.74. The standard InChI is InChI=1S/C19H23BrN2O2/c1-23-17-8-4-7-16(19(17)24-2)18(22-11-9-21-10-12-22)14-5-3-6-15(20)13-14/h3-8,13,18,21H,9-12H2,1-2H3. The minimum absolute atomic E-state index is 0.134. The SMILES string of the molecule is COc1cccc(C(c2cccc(Br)c2)N2CCNCC2)c1OC. The number of hydrogen-bond donors (Lipinski definition) is 1. The second-order valence-electron chi connectivity index (χ2n) is 5.83. The zero-order chi connectivity index (χ0) is 16.9. The Balaban J connectivity index is 2.11. The van der Waals surface area contributed by atoms with E-state index in [1.54, 1.807) is 14.2 Å². The lowest BCUT2D eigenvalue weighted by molar-refractivity contribution is 0.194. The topological polar surface area (TPSA) is 33.7 Å². The highest BCUT2D eigenvalue weighted by molar-refractivity contribution is 9.10. The van der Waals surface area contributed by atoms with Crippen molar-refractivity contribution in [2.75, 3.05) is 40.4 Å². The Morgan fingerprint density at radius 1 is 1.04 bits per heavy atom. The summed E-state index contributed by atoms with van der Waals surface area (Å²) in [5.41, 5.74) is 2.38. The van der Waals surface area contributed by atoms with E-state index in [0.717, 1.165) is 47.7 Å². The molecule has 2 aromatic carbocycles. The Labute approximate surface area is 151 Å². The fourth-order valence-corrected chi connectivity index (χ4v) is 3.75. The molecule has 1 aliphatic heterocycles. The number of ether oxygens (including phenoxy) is 2. The van der Waals surface area contributed by atoms with E-state index in [2.05, 4.69) is 56.5 Å². The molecule has 5 heteroatoms. The fraction of sp³-hybridized carbons (Fsp3) is 0.368. The predicted octanol–water partition coefficient (Wildman–Crippen LogP) is 3.46. The van der Waals surface area contributed by atoms with Crippen molar-refractivity contribution in [1.29, 1.82) is 0 Å². The highest BCUT2D eigenvalue weighted by atomic mass is 79.9. The lowest BCUT2D eigenvalue weighted by atomic mass is 9.95. The van der Waals surface area contributed by atoms with Crippen molar-refractivity contribution in [3.05, 3.63) is 58.1 Å². The van der Waals surface area contributed by atoms with Gasteiger partial charge in [-0.15, -0.1) is 0 Å². The highest BCUT2D eigenvalue weighted by Gasteiger charge is 2.27. The number of hydrogen-bond acceptors (Lipinski definition) is 4. The first-order chi connectivity index (χ1) is 11.7. The minimum Gasteiger partial charge on any atom is -0.493 e. The Hall–Kier alpha value is -1.56. The van der Waals surface area contributed by atoms with Gasteiger partial charge in [0.15, 0.2) is 11.5 Å². The van der Waals surface area contributed by atoms with Gasteiger partial charge in [-0.05, 0) is 23.8 Å². The molecule has 1 atom stereocenters. The smallest absolute Gasteiger partial charge is 0.165 e. The van der Waals surface area contributed by atoms with Crippen molar-refractivity contribution in [3.8, 4) is 11.5 Å². The number of rotatable bonds is 5. The number of para-hydroxylation sites is 1. The van der Waals surface area contributed by atoms with E-state index in [9.17, 15) is 0 Å². The number of halogens is 1. The largest absolute Gasteiger partial charge is 0.493 e. The first-order valence-corrected chi connectivity index (χ1v) is 8.95. The third-order valence-corrected chi connectivity index (χ3v) is 4.90. The fourth-order valence-electron chi connectivity index (χ4n) is 3.33. The van der Waals surface area contributed by atoms with E-state index < -0.39 is 0 Å². The highest BCUT2D eigenvalue weighted by Crippen LogP contribution is 2.40. The van der Waals surface area contributed by atoms with Crippen LogP contribution < -0.4 is 14.8 Å². The molecule has 0 saturated carbocycles. The summed E-state index contributed by atoms with van der Waals surface area (Å²) < 4.78 is 12.3. The summed E-state index contributed by atoms with van der Waals surface area (Å²) in [5, 5.41) is 3.43. The molecule has 1 fully saturated rings. The molecule has 0 bridgehead atoms. The van der Waals surface area contributed by atoms with Crippen LogP contribution in [0.1, 0.15) is 17.2 Å². The van der Waals surface area contributed by atoms with Gasteiger partial charge in [0, 0.05) is 36.2 Å². The number of piperazine rings is 1. The maximum Gasteiger partial charge on any atom is 0.165 e. The molecule has 0 aliphatic carbocycles. The van der Waals surface area contributed by atoms with E-state index in [1.807, 2.05) is 12.1 Å². The van der Waals surface area contributed by atoms with Gasteiger partial charge in [-0.1, -0.05) is 40.2 Å². The van der Waals surface area contributed by atoms with Crippen molar-refractivity contribution in [3.63, 3.8) is 0 Å². The number of methoxy groups -OCH3 is 2. The molecule has 1 unspecified atom stereocenters. The van der Waals surface area contributed by atoms with Crippen LogP contribution in [0, 0.1) is 0 Å². The van der Waals surface area contributed by atoms with Crippen molar-refractivity contribution < 1.29 is 9.47 Å². The summed E-state index contributed by atoms with van der Waals surface area (Å²) in [6.07, 6.45) is 0. The molecule has 128 valence electrons. The van der Waals surface area contributed by atoms with Crippen molar-refractivity contribution in [1.82, 2.24) is 10.2 Å². The summed E-state index contributed by atoms with van der Waals surface area (Å²) in [7, 11) is 3.39. The van der Waals surface area contributed by atoms with Crippen LogP contribution in [0.5, 0.6) is 11.5 Å². The lowest BCUT2D eigenvalue weighted by Crippen LogP contribution is -2.45. The molecule has 0 radical (unpaired) electrons. The normalized spacial score (nSPS) is 16.6. The third-order valence-electron chi connectivity index (χ3n) is 4.41. The maximum absolute atomic E-state index is 5.71. The summed E-state index contributed by atoms with van der Waals surface area (Å²) in [6, 6.07) is 14.7. The number of nitrogens with one attached hydrogen (secondary N) is 1. The summed E-state index contributed by atoms with van der Waals surface area (Å²) >= 11 is 3.60. The molecule has 2 aromatic rings. The zero-order valence-electron chi connectivity index (χ0n) is 14.1. The number of benzene rings is 2. The predicted molar refractivity (Wildman–Crippen MR) is 100.0 cm³/mol. The summed E-state index contributed by atoms with van der Waals surface area (Å²) in [5.74, 6) is 1.58. The molecule has 1 N–H and O–H groups in total. The molecule has 1 heterocycles. The van der Waals surface area contributed by atoms with Gasteiger partial charge in [-0.3, -0.25) is 4.90 Å². The van der Waals surface area contributed by atoms with Gasteiger partial charge in [-0.25, -0.2) is 0 Å². The first-order valence-electron chi connectivity index (χ1n) is 8.15. The van der Waals surface area contributed by atoms with Gasteiger partial charge in [-0.2, -0.15) is 0 Å². The minimum atomic E-state index is 0.134. The van der Waals surface area contributed by atoms with Crippen molar-refractivity contribution in [2.24, 2.45) is 0 Å². The van der Waals surface area contributed by atoms with E-state index in [-0.39, 0.29) is 6.04 Å². The monoisotopic (exact) mass is 390 g/mol. The van der Waals surface area contributed by atoms with Crippen LogP contribution in [0.2, 0.25) is 0 Å². The molecular formula is C19H23BrN2O2. The third kappa shape index (κ3) is 3.58. The van der Waals surface area contributed by atoms with Crippen LogP contribution in [0.3, 0.4) is 0 Å². The lowest BCUT2D eigenvalue weighted by Gasteiger charge is -2.36. The van der Waals surface area contributed by atoms with Crippen LogP contribution in [0.15, 0.2) is 46.9 Å². The van der Waals surface area contributed by atoms with Crippen molar-refractivity contribution >= 4 is 15.9 Å². The maximum atomic E-state index is 5.71. The van der Waals surface area contributed by atoms with Gasteiger partial charge in [0.05, 0.1) is 20.3 Å². The quantitative estimate of drug-likeness (QED) is 0.847. The van der Waals surface area contributed by atoms with Crippen LogP contribution in [-0.4, -0.2) is 45.3 Å². The van der Waals surface area contributed by atoms with Gasteiger partial charge in [0.25, 0.3) is 0 Å². The molecule has 4 nitrogen and oxygen atoms in total. The molecule has 1 saturated heterocycles. The van der Waals surface area contributed by atoms with Crippen LogP contribution in [-0.2, 0) is 0 Å². The summed E-state index contributed by atoms with van der Waals surface area (Å²) in [4.78, 5) is 2.50. The van der Waals surface area contributed by atoms with Gasteiger partial charge < -0.3 is 14.8 Å². The van der Waals surface area contributed by atoms with Crippen LogP contribution in [0.4, 0.5) is 0 Å². The second kappa shape index (κ2) is 8.01. The average molecular weight is 391 g/mol. The Bertz CT molecular complexity index is 687. The molecule has 0 spiro atoms. The molecule has 0 amide bonds. The van der Waals surface area contributed by atoms with Gasteiger partial charge >= 0.3 is 0 Å². The molecular weight excluding hydrogens is 368 g/mol. The Kier molecular flexibility index (Phi) is 5.76. The molecule has 24 heavy (non-hydrogen) atoms. The van der Waals surface area contributed by atoms with E-state index in [4.69, 9.17) is 9.47 Å². The number of nitrogens with zero attached hydrogens (tertiary/aromatic N) is 1. The molecule has 0 aromatic heterocycles. The molecule has 3 rings (SSSR count). The summed E-state index contributed by atoms with van der Waals surface area (Å²) in [6.45, 7) is 3.99. The van der Waals surface area contributed by atoms with Crippen LogP contribution in [0.25, 0.3) is 0 Å². The van der Waals surface area contributed by atoms with E-state index in [1.165, 1.54) is 5.56 Å². The average Bonchev–Trinajstić information content (AvgIpc) is 2.62. The van der Waals surface area contributed by atoms with Gasteiger partial charge in [0.2, 0.25) is 0 Å². The van der Waals surface area contributed by atoms with E-state index >= 15 is 0 Å². The van der Waals surface area contributed by atoms with Crippen molar-refractivity contribution in [2.45, 2.75) is 6.04 Å². The zero-order valence-corrected chi connectivity index (χ0v) is 15.7. The first kappa shape index (κ1) is 17.3. The molecule has 1 aliphatic rings. The Morgan fingerprint density at radius 3 is 2.46 bits per heavy atom. The van der Waals surface area contributed by atoms with Crippen LogP contribution >= 0.6 is 15.9 Å².